The molecule has 1 heterocycles. The first-order valence-corrected chi connectivity index (χ1v) is 15.8. The number of anilines is 1. The first kappa shape index (κ1) is 27.4. The Hall–Kier alpha value is -3.81. The number of carbonyl (C=O) groups is 1. The Morgan fingerprint density at radius 1 is 0.951 bits per heavy atom. The van der Waals surface area contributed by atoms with Gasteiger partial charge >= 0.3 is 0 Å². The van der Waals surface area contributed by atoms with E-state index in [0.29, 0.717) is 13.0 Å². The van der Waals surface area contributed by atoms with Crippen molar-refractivity contribution in [3.8, 4) is 0 Å². The normalized spacial score (nSPS) is 19.8. The number of fused-ring (bicyclic) bond motifs is 1. The molecule has 4 aromatic rings. The summed E-state index contributed by atoms with van der Waals surface area (Å²) in [6, 6.07) is 28.7. The molecule has 6 nitrogen and oxygen atoms in total. The van der Waals surface area contributed by atoms with Crippen molar-refractivity contribution in [1.29, 1.82) is 0 Å². The number of nitrogens with zero attached hydrogens (tertiary/aromatic N) is 2. The smallest absolute Gasteiger partial charge is 0.241 e. The largest absolute Gasteiger partial charge is 0.306 e. The van der Waals surface area contributed by atoms with E-state index in [4.69, 9.17) is 0 Å². The van der Waals surface area contributed by atoms with Gasteiger partial charge in [0.15, 0.2) is 0 Å². The third-order valence-electron chi connectivity index (χ3n) is 8.25. The van der Waals surface area contributed by atoms with Crippen molar-refractivity contribution in [2.45, 2.75) is 62.9 Å². The molecule has 6 rings (SSSR count). The number of carbonyl (C=O) groups excluding carboxylic acids is 1. The molecule has 2 aliphatic carbocycles. The third kappa shape index (κ3) is 5.97. The lowest BCUT2D eigenvalue weighted by Crippen LogP contribution is -2.34. The SMILES string of the molecule is Cc1ccc(S(=O)(=O)N[C@@H]2CCCc3ccc(N(Cc4cccc(C)n4)C(=O)[C@H]4C[C@@H]4c4ccccc4)cc32)cc1. The summed E-state index contributed by atoms with van der Waals surface area (Å²) in [6.45, 7) is 4.24. The highest BCUT2D eigenvalue weighted by Gasteiger charge is 2.46. The van der Waals surface area contributed by atoms with Gasteiger partial charge in [0.25, 0.3) is 0 Å². The number of aryl methyl sites for hydroxylation is 3. The summed E-state index contributed by atoms with van der Waals surface area (Å²) in [6.07, 6.45) is 3.30. The fraction of sp³-hybridized carbons (Fsp3) is 0.294. The summed E-state index contributed by atoms with van der Waals surface area (Å²) in [5.41, 5.74) is 6.76. The molecule has 1 saturated carbocycles. The molecular formula is C34H35N3O3S. The fourth-order valence-corrected chi connectivity index (χ4v) is 7.18. The monoisotopic (exact) mass is 565 g/mol. The van der Waals surface area contributed by atoms with Gasteiger partial charge in [-0.05, 0) is 98.5 Å². The Labute approximate surface area is 242 Å². The number of aromatic nitrogens is 1. The van der Waals surface area contributed by atoms with Crippen molar-refractivity contribution < 1.29 is 13.2 Å². The molecule has 2 aliphatic rings. The molecule has 41 heavy (non-hydrogen) atoms. The van der Waals surface area contributed by atoms with Crippen molar-refractivity contribution >= 4 is 21.6 Å². The standard InChI is InChI=1S/C34H35N3O3S/c1-23-14-18-29(19-15-23)41(39,40)36-33-13-7-11-26-16-17-28(20-31(26)33)37(22-27-12-6-8-24(2)35-27)34(38)32-21-30(32)25-9-4-3-5-10-25/h3-6,8-10,12,14-20,30,32-33,36H,7,11,13,21-22H2,1-2H3/t30-,32+,33-/m1/s1. The van der Waals surface area contributed by atoms with E-state index < -0.39 is 10.0 Å². The molecule has 1 aromatic heterocycles. The minimum atomic E-state index is -3.70. The van der Waals surface area contributed by atoms with E-state index in [1.54, 1.807) is 12.1 Å². The third-order valence-corrected chi connectivity index (χ3v) is 9.74. The average molecular weight is 566 g/mol. The van der Waals surface area contributed by atoms with Crippen LogP contribution in [0, 0.1) is 19.8 Å². The van der Waals surface area contributed by atoms with E-state index in [1.807, 2.05) is 79.4 Å². The summed E-state index contributed by atoms with van der Waals surface area (Å²) < 4.78 is 29.6. The van der Waals surface area contributed by atoms with E-state index in [2.05, 4.69) is 27.9 Å². The Morgan fingerprint density at radius 2 is 1.73 bits per heavy atom. The van der Waals surface area contributed by atoms with Crippen molar-refractivity contribution in [1.82, 2.24) is 9.71 Å². The predicted molar refractivity (Wildman–Crippen MR) is 161 cm³/mol. The van der Waals surface area contributed by atoms with Crippen LogP contribution in [0.2, 0.25) is 0 Å². The van der Waals surface area contributed by atoms with E-state index in [-0.39, 0.29) is 28.7 Å². The first-order valence-electron chi connectivity index (χ1n) is 14.3. The maximum atomic E-state index is 14.1. The lowest BCUT2D eigenvalue weighted by molar-refractivity contribution is -0.120. The number of hydrogen-bond donors (Lipinski definition) is 1. The van der Waals surface area contributed by atoms with Crippen LogP contribution in [-0.4, -0.2) is 19.3 Å². The number of nitrogens with one attached hydrogen (secondary N) is 1. The predicted octanol–water partition coefficient (Wildman–Crippen LogP) is 6.39. The van der Waals surface area contributed by atoms with Gasteiger partial charge in [0.1, 0.15) is 0 Å². The summed E-state index contributed by atoms with van der Waals surface area (Å²) in [5.74, 6) is 0.201. The van der Waals surface area contributed by atoms with E-state index >= 15 is 0 Å². The van der Waals surface area contributed by atoms with Crippen molar-refractivity contribution in [2.75, 3.05) is 4.90 Å². The molecule has 0 radical (unpaired) electrons. The maximum absolute atomic E-state index is 14.1. The van der Waals surface area contributed by atoms with Gasteiger partial charge in [-0.15, -0.1) is 0 Å². The van der Waals surface area contributed by atoms with Gasteiger partial charge < -0.3 is 4.90 Å². The van der Waals surface area contributed by atoms with Crippen LogP contribution in [0.15, 0.2) is 95.9 Å². The molecular weight excluding hydrogens is 530 g/mol. The fourth-order valence-electron chi connectivity index (χ4n) is 5.93. The topological polar surface area (TPSA) is 79.4 Å². The van der Waals surface area contributed by atoms with Crippen LogP contribution >= 0.6 is 0 Å². The highest BCUT2D eigenvalue weighted by molar-refractivity contribution is 7.89. The molecule has 0 bridgehead atoms. The highest BCUT2D eigenvalue weighted by atomic mass is 32.2. The number of amides is 1. The molecule has 3 aromatic carbocycles. The lowest BCUT2D eigenvalue weighted by Gasteiger charge is -2.29. The summed E-state index contributed by atoms with van der Waals surface area (Å²) >= 11 is 0. The Kier molecular flexibility index (Phi) is 7.49. The molecule has 0 unspecified atom stereocenters. The Bertz CT molecular complexity index is 1670. The Balaban J connectivity index is 1.32. The van der Waals surface area contributed by atoms with Crippen molar-refractivity contribution in [3.63, 3.8) is 0 Å². The number of pyridine rings is 1. The second kappa shape index (κ2) is 11.2. The molecule has 0 aliphatic heterocycles. The summed E-state index contributed by atoms with van der Waals surface area (Å²) in [5, 5.41) is 0. The number of hydrogen-bond acceptors (Lipinski definition) is 4. The molecule has 1 N–H and O–H groups in total. The average Bonchev–Trinajstić information content (AvgIpc) is 3.78. The van der Waals surface area contributed by atoms with Gasteiger partial charge in [0, 0.05) is 23.3 Å². The zero-order valence-electron chi connectivity index (χ0n) is 23.5. The van der Waals surface area contributed by atoms with Crippen LogP contribution in [0.4, 0.5) is 5.69 Å². The second-order valence-electron chi connectivity index (χ2n) is 11.3. The first-order chi connectivity index (χ1) is 19.8. The zero-order chi connectivity index (χ0) is 28.6. The van der Waals surface area contributed by atoms with Gasteiger partial charge in [-0.2, -0.15) is 0 Å². The zero-order valence-corrected chi connectivity index (χ0v) is 24.3. The van der Waals surface area contributed by atoms with Gasteiger partial charge in [-0.1, -0.05) is 60.2 Å². The molecule has 3 atom stereocenters. The number of rotatable bonds is 8. The van der Waals surface area contributed by atoms with Crippen LogP contribution in [-0.2, 0) is 27.8 Å². The van der Waals surface area contributed by atoms with Crippen LogP contribution in [0.5, 0.6) is 0 Å². The Morgan fingerprint density at radius 3 is 2.49 bits per heavy atom. The summed E-state index contributed by atoms with van der Waals surface area (Å²) in [4.78, 5) is 20.8. The molecule has 7 heteroatoms. The van der Waals surface area contributed by atoms with Crippen LogP contribution in [0.1, 0.15) is 64.9 Å². The van der Waals surface area contributed by atoms with Crippen LogP contribution < -0.4 is 9.62 Å². The second-order valence-corrected chi connectivity index (χ2v) is 13.0. The van der Waals surface area contributed by atoms with Crippen molar-refractivity contribution in [2.24, 2.45) is 5.92 Å². The van der Waals surface area contributed by atoms with Gasteiger partial charge in [0.2, 0.25) is 15.9 Å². The molecule has 1 fully saturated rings. The van der Waals surface area contributed by atoms with Gasteiger partial charge in [0.05, 0.1) is 17.1 Å². The van der Waals surface area contributed by atoms with E-state index in [0.717, 1.165) is 53.0 Å². The quantitative estimate of drug-likeness (QED) is 0.268. The number of sulfonamides is 1. The molecule has 0 spiro atoms. The van der Waals surface area contributed by atoms with Crippen LogP contribution in [0.25, 0.3) is 0 Å². The summed E-state index contributed by atoms with van der Waals surface area (Å²) in [7, 11) is -3.70. The molecule has 1 amide bonds. The van der Waals surface area contributed by atoms with Crippen LogP contribution in [0.3, 0.4) is 0 Å². The van der Waals surface area contributed by atoms with E-state index in [9.17, 15) is 13.2 Å². The molecule has 0 saturated heterocycles. The lowest BCUT2D eigenvalue weighted by atomic mass is 9.87. The van der Waals surface area contributed by atoms with E-state index in [1.165, 1.54) is 5.56 Å². The molecule has 210 valence electrons. The minimum absolute atomic E-state index is 0.0784. The highest BCUT2D eigenvalue weighted by Crippen LogP contribution is 2.49. The number of benzene rings is 3. The maximum Gasteiger partial charge on any atom is 0.241 e. The van der Waals surface area contributed by atoms with Crippen molar-refractivity contribution in [3.05, 3.63) is 125 Å². The minimum Gasteiger partial charge on any atom is -0.306 e. The van der Waals surface area contributed by atoms with Gasteiger partial charge in [-0.3, -0.25) is 9.78 Å². The van der Waals surface area contributed by atoms with Gasteiger partial charge in [-0.25, -0.2) is 13.1 Å².